The van der Waals surface area contributed by atoms with Gasteiger partial charge in [-0.1, -0.05) is 154 Å². The number of unbranched alkanes of at least 4 members (excludes halogenated alkanes) is 22. The molecule has 1 unspecified atom stereocenters. The number of hydrogen-bond donors (Lipinski definition) is 2. The van der Waals surface area contributed by atoms with Gasteiger partial charge in [-0.3, -0.25) is 0 Å². The summed E-state index contributed by atoms with van der Waals surface area (Å²) in [7, 11) is 0. The monoisotopic (exact) mass is 452 g/mol. The third kappa shape index (κ3) is 25.4. The summed E-state index contributed by atoms with van der Waals surface area (Å²) < 4.78 is 0. The van der Waals surface area contributed by atoms with Gasteiger partial charge in [-0.15, -0.1) is 0 Å². The van der Waals surface area contributed by atoms with Crippen molar-refractivity contribution >= 4 is 5.97 Å². The smallest absolute Gasteiger partial charge is 0.332 e. The van der Waals surface area contributed by atoms with E-state index in [1.54, 1.807) is 6.08 Å². The van der Waals surface area contributed by atoms with E-state index in [4.69, 9.17) is 10.2 Å². The molecular formula is C29H56O3. The zero-order valence-corrected chi connectivity index (χ0v) is 21.5. The molecule has 0 aliphatic heterocycles. The first-order chi connectivity index (χ1) is 15.7. The van der Waals surface area contributed by atoms with Crippen LogP contribution in [0.1, 0.15) is 161 Å². The summed E-state index contributed by atoms with van der Waals surface area (Å²) in [5.41, 5.74) is 0. The van der Waals surface area contributed by atoms with Crippen molar-refractivity contribution in [2.45, 2.75) is 167 Å². The van der Waals surface area contributed by atoms with Crippen molar-refractivity contribution in [3.05, 3.63) is 12.2 Å². The van der Waals surface area contributed by atoms with Crippen LogP contribution in [-0.4, -0.2) is 22.3 Å². The van der Waals surface area contributed by atoms with Crippen molar-refractivity contribution in [1.82, 2.24) is 0 Å². The molecule has 0 aliphatic rings. The minimum Gasteiger partial charge on any atom is -0.479 e. The number of aliphatic carboxylic acids is 1. The average molecular weight is 453 g/mol. The van der Waals surface area contributed by atoms with Crippen LogP contribution in [0.4, 0.5) is 0 Å². The topological polar surface area (TPSA) is 57.5 Å². The van der Waals surface area contributed by atoms with E-state index < -0.39 is 12.1 Å². The van der Waals surface area contributed by atoms with Crippen LogP contribution in [0.5, 0.6) is 0 Å². The van der Waals surface area contributed by atoms with Crippen LogP contribution in [0, 0.1) is 0 Å². The van der Waals surface area contributed by atoms with Gasteiger partial charge in [-0.05, 0) is 12.8 Å². The lowest BCUT2D eigenvalue weighted by Crippen LogP contribution is -2.17. The number of hydrogen-bond acceptors (Lipinski definition) is 2. The third-order valence-electron chi connectivity index (χ3n) is 6.54. The van der Waals surface area contributed by atoms with Crippen molar-refractivity contribution < 1.29 is 15.0 Å². The number of aliphatic hydroxyl groups excluding tert-OH is 1. The number of aliphatic hydroxyl groups is 1. The molecule has 3 nitrogen and oxygen atoms in total. The number of allylic oxidation sites excluding steroid dienone is 1. The highest BCUT2D eigenvalue weighted by atomic mass is 16.4. The molecule has 0 aromatic heterocycles. The molecule has 0 saturated carbocycles. The molecule has 0 radical (unpaired) electrons. The first-order valence-electron chi connectivity index (χ1n) is 14.2. The first-order valence-corrected chi connectivity index (χ1v) is 14.2. The lowest BCUT2D eigenvalue weighted by Gasteiger charge is -2.04. The minimum atomic E-state index is -1.25. The van der Waals surface area contributed by atoms with Crippen molar-refractivity contribution in [2.75, 3.05) is 0 Å². The van der Waals surface area contributed by atoms with E-state index in [0.717, 1.165) is 6.42 Å². The Morgan fingerprint density at radius 3 is 1.19 bits per heavy atom. The predicted octanol–water partition coefficient (Wildman–Crippen LogP) is 9.37. The van der Waals surface area contributed by atoms with E-state index in [-0.39, 0.29) is 6.42 Å². The summed E-state index contributed by atoms with van der Waals surface area (Å²) in [6, 6.07) is 0. The third-order valence-corrected chi connectivity index (χ3v) is 6.54. The maximum Gasteiger partial charge on any atom is 0.332 e. The fourth-order valence-electron chi connectivity index (χ4n) is 4.31. The van der Waals surface area contributed by atoms with Gasteiger partial charge in [0.15, 0.2) is 6.10 Å². The molecule has 0 saturated heterocycles. The molecule has 0 amide bonds. The van der Waals surface area contributed by atoms with E-state index in [1.807, 2.05) is 6.08 Å². The van der Waals surface area contributed by atoms with Gasteiger partial charge in [0, 0.05) is 6.42 Å². The van der Waals surface area contributed by atoms with Crippen LogP contribution >= 0.6 is 0 Å². The lowest BCUT2D eigenvalue weighted by molar-refractivity contribution is -0.146. The Kier molecular flexibility index (Phi) is 25.7. The van der Waals surface area contributed by atoms with E-state index in [1.165, 1.54) is 141 Å². The van der Waals surface area contributed by atoms with Crippen LogP contribution in [0.25, 0.3) is 0 Å². The Hall–Kier alpha value is -0.830. The van der Waals surface area contributed by atoms with Crippen molar-refractivity contribution in [3.8, 4) is 0 Å². The molecule has 2 N–H and O–H groups in total. The summed E-state index contributed by atoms with van der Waals surface area (Å²) in [4.78, 5) is 10.5. The summed E-state index contributed by atoms with van der Waals surface area (Å²) in [6.07, 6.45) is 34.6. The van der Waals surface area contributed by atoms with E-state index >= 15 is 0 Å². The molecule has 3 heteroatoms. The van der Waals surface area contributed by atoms with Gasteiger partial charge in [-0.25, -0.2) is 4.79 Å². The summed E-state index contributed by atoms with van der Waals surface area (Å²) in [5.74, 6) is -1.14. The molecule has 1 atom stereocenters. The molecule has 0 aromatic rings. The fraction of sp³-hybridized carbons (Fsp3) is 0.897. The SMILES string of the molecule is CCCCCCCCCCCCCCCCCCCCCCCC/C=C/CC(O)C(=O)O. The molecule has 0 rings (SSSR count). The fourth-order valence-corrected chi connectivity index (χ4v) is 4.31. The minimum absolute atomic E-state index is 0.217. The lowest BCUT2D eigenvalue weighted by atomic mass is 10.0. The molecule has 0 fully saturated rings. The van der Waals surface area contributed by atoms with Crippen LogP contribution in [0.3, 0.4) is 0 Å². The Morgan fingerprint density at radius 1 is 0.562 bits per heavy atom. The summed E-state index contributed by atoms with van der Waals surface area (Å²) >= 11 is 0. The Bertz CT molecular complexity index is 405. The zero-order valence-electron chi connectivity index (χ0n) is 21.5. The highest BCUT2D eigenvalue weighted by molar-refractivity contribution is 5.72. The van der Waals surface area contributed by atoms with Gasteiger partial charge in [0.05, 0.1) is 0 Å². The number of carbonyl (C=O) groups is 1. The normalized spacial score (nSPS) is 12.6. The van der Waals surface area contributed by atoms with Gasteiger partial charge < -0.3 is 10.2 Å². The molecule has 0 spiro atoms. The highest BCUT2D eigenvalue weighted by Gasteiger charge is 2.09. The van der Waals surface area contributed by atoms with Gasteiger partial charge in [-0.2, -0.15) is 0 Å². The second-order valence-corrected chi connectivity index (χ2v) is 9.77. The summed E-state index contributed by atoms with van der Waals surface area (Å²) in [6.45, 7) is 2.29. The quantitative estimate of drug-likeness (QED) is 0.101. The van der Waals surface area contributed by atoms with Crippen molar-refractivity contribution in [2.24, 2.45) is 0 Å². The van der Waals surface area contributed by atoms with Crippen LogP contribution in [0.2, 0.25) is 0 Å². The molecule has 190 valence electrons. The highest BCUT2D eigenvalue weighted by Crippen LogP contribution is 2.15. The Labute approximate surface area is 200 Å². The van der Waals surface area contributed by atoms with Crippen LogP contribution in [0.15, 0.2) is 12.2 Å². The molecule has 0 heterocycles. The van der Waals surface area contributed by atoms with Gasteiger partial charge in [0.1, 0.15) is 0 Å². The van der Waals surface area contributed by atoms with Gasteiger partial charge >= 0.3 is 5.97 Å². The average Bonchev–Trinajstić information content (AvgIpc) is 2.78. The molecule has 0 aromatic carbocycles. The zero-order chi connectivity index (χ0) is 23.5. The van der Waals surface area contributed by atoms with Crippen molar-refractivity contribution in [3.63, 3.8) is 0 Å². The van der Waals surface area contributed by atoms with E-state index in [2.05, 4.69) is 6.92 Å². The van der Waals surface area contributed by atoms with Crippen LogP contribution < -0.4 is 0 Å². The maximum atomic E-state index is 10.5. The van der Waals surface area contributed by atoms with Crippen molar-refractivity contribution in [1.29, 1.82) is 0 Å². The number of carboxylic acids is 1. The number of carboxylic acid groups (broad SMARTS) is 1. The largest absolute Gasteiger partial charge is 0.479 e. The molecule has 32 heavy (non-hydrogen) atoms. The second kappa shape index (κ2) is 26.4. The molecular weight excluding hydrogens is 396 g/mol. The predicted molar refractivity (Wildman–Crippen MR) is 139 cm³/mol. The standard InChI is InChI=1S/C29H56O3/c1-2-3-4-5-6-7-8-9-10-11-12-13-14-15-16-17-18-19-20-21-22-23-24-25-26-27-28(30)29(31)32/h25-26,28,30H,2-24,27H2,1H3,(H,31,32)/b26-25+. The summed E-state index contributed by atoms with van der Waals surface area (Å²) in [5, 5.41) is 17.7. The van der Waals surface area contributed by atoms with Gasteiger partial charge in [0.25, 0.3) is 0 Å². The Morgan fingerprint density at radius 2 is 0.875 bits per heavy atom. The first kappa shape index (κ1) is 31.2. The van der Waals surface area contributed by atoms with Gasteiger partial charge in [0.2, 0.25) is 0 Å². The number of rotatable bonds is 26. The molecule has 0 bridgehead atoms. The maximum absolute atomic E-state index is 10.5. The van der Waals surface area contributed by atoms with E-state index in [9.17, 15) is 4.79 Å². The molecule has 0 aliphatic carbocycles. The van der Waals surface area contributed by atoms with E-state index in [0.29, 0.717) is 0 Å². The second-order valence-electron chi connectivity index (χ2n) is 9.77. The van der Waals surface area contributed by atoms with Crippen LogP contribution in [-0.2, 0) is 4.79 Å². The Balaban J connectivity index is 3.09.